The smallest absolute Gasteiger partial charge is 0.144 e. The third kappa shape index (κ3) is 3.77. The summed E-state index contributed by atoms with van der Waals surface area (Å²) in [4.78, 5) is 0. The van der Waals surface area contributed by atoms with Crippen LogP contribution in [0.25, 0.3) is 0 Å². The molecule has 2 rings (SSSR count). The van der Waals surface area contributed by atoms with Gasteiger partial charge in [-0.3, -0.25) is 0 Å². The molecule has 0 bridgehead atoms. The van der Waals surface area contributed by atoms with Gasteiger partial charge in [-0.15, -0.1) is 0 Å². The molecule has 4 nitrogen and oxygen atoms in total. The first kappa shape index (κ1) is 14.0. The third-order valence-electron chi connectivity index (χ3n) is 3.24. The monoisotopic (exact) mass is 264 g/mol. The van der Waals surface area contributed by atoms with E-state index in [-0.39, 0.29) is 6.10 Å². The van der Waals surface area contributed by atoms with Crippen LogP contribution in [0.1, 0.15) is 33.6 Å². The van der Waals surface area contributed by atoms with E-state index in [4.69, 9.17) is 15.2 Å². The molecule has 0 atom stereocenters. The predicted octanol–water partition coefficient (Wildman–Crippen LogP) is 3.04. The summed E-state index contributed by atoms with van der Waals surface area (Å²) in [6, 6.07) is 6.35. The Morgan fingerprint density at radius 1 is 1.37 bits per heavy atom. The minimum Gasteiger partial charge on any atom is -0.489 e. The van der Waals surface area contributed by atoms with E-state index >= 15 is 0 Å². The molecule has 0 aromatic heterocycles. The zero-order valence-electron chi connectivity index (χ0n) is 12.0. The summed E-state index contributed by atoms with van der Waals surface area (Å²) >= 11 is 0. The van der Waals surface area contributed by atoms with E-state index in [1.807, 2.05) is 39.0 Å². The van der Waals surface area contributed by atoms with Gasteiger partial charge < -0.3 is 20.5 Å². The SMILES string of the molecule is CCOC1CC(Nc2ccc(N)c(OC(C)C)c2)C1. The van der Waals surface area contributed by atoms with Crippen molar-refractivity contribution in [2.24, 2.45) is 0 Å². The van der Waals surface area contributed by atoms with Crippen LogP contribution in [0, 0.1) is 0 Å². The molecule has 1 fully saturated rings. The van der Waals surface area contributed by atoms with Gasteiger partial charge in [0.1, 0.15) is 5.75 Å². The third-order valence-corrected chi connectivity index (χ3v) is 3.24. The van der Waals surface area contributed by atoms with Gasteiger partial charge in [-0.1, -0.05) is 0 Å². The van der Waals surface area contributed by atoms with Crippen molar-refractivity contribution in [2.45, 2.75) is 51.9 Å². The average Bonchev–Trinajstić information content (AvgIpc) is 2.30. The second-order valence-corrected chi connectivity index (χ2v) is 5.31. The number of anilines is 2. The number of hydrogen-bond acceptors (Lipinski definition) is 4. The Hall–Kier alpha value is -1.42. The van der Waals surface area contributed by atoms with Crippen LogP contribution in [0.15, 0.2) is 18.2 Å². The second kappa shape index (κ2) is 6.15. The van der Waals surface area contributed by atoms with E-state index < -0.39 is 0 Å². The number of nitrogen functional groups attached to an aromatic ring is 1. The zero-order valence-corrected chi connectivity index (χ0v) is 12.0. The van der Waals surface area contributed by atoms with Crippen LogP contribution in [0.5, 0.6) is 5.75 Å². The second-order valence-electron chi connectivity index (χ2n) is 5.31. The van der Waals surface area contributed by atoms with E-state index in [1.165, 1.54) is 0 Å². The van der Waals surface area contributed by atoms with Crippen molar-refractivity contribution in [3.63, 3.8) is 0 Å². The number of nitrogens with two attached hydrogens (primary N) is 1. The lowest BCUT2D eigenvalue weighted by atomic mass is 9.89. The summed E-state index contributed by atoms with van der Waals surface area (Å²) in [6.45, 7) is 6.83. The molecule has 0 heterocycles. The van der Waals surface area contributed by atoms with Gasteiger partial charge in [0.05, 0.1) is 17.9 Å². The molecule has 4 heteroatoms. The Morgan fingerprint density at radius 3 is 2.74 bits per heavy atom. The largest absolute Gasteiger partial charge is 0.489 e. The summed E-state index contributed by atoms with van der Waals surface area (Å²) in [7, 11) is 0. The summed E-state index contributed by atoms with van der Waals surface area (Å²) in [5.41, 5.74) is 7.64. The zero-order chi connectivity index (χ0) is 13.8. The highest BCUT2D eigenvalue weighted by atomic mass is 16.5. The predicted molar refractivity (Wildman–Crippen MR) is 78.7 cm³/mol. The van der Waals surface area contributed by atoms with E-state index in [2.05, 4.69) is 5.32 Å². The van der Waals surface area contributed by atoms with E-state index in [0.717, 1.165) is 30.9 Å². The van der Waals surface area contributed by atoms with E-state index in [0.29, 0.717) is 17.8 Å². The van der Waals surface area contributed by atoms with Crippen molar-refractivity contribution in [3.8, 4) is 5.75 Å². The molecule has 0 saturated heterocycles. The molecule has 19 heavy (non-hydrogen) atoms. The Morgan fingerprint density at radius 2 is 2.11 bits per heavy atom. The number of benzene rings is 1. The number of ether oxygens (including phenoxy) is 2. The van der Waals surface area contributed by atoms with E-state index in [9.17, 15) is 0 Å². The Kier molecular flexibility index (Phi) is 4.53. The molecule has 0 unspecified atom stereocenters. The Balaban J connectivity index is 1.91. The van der Waals surface area contributed by atoms with Crippen LogP contribution >= 0.6 is 0 Å². The van der Waals surface area contributed by atoms with Crippen molar-refractivity contribution < 1.29 is 9.47 Å². The van der Waals surface area contributed by atoms with Crippen LogP contribution < -0.4 is 15.8 Å². The molecule has 1 aromatic rings. The maximum Gasteiger partial charge on any atom is 0.144 e. The fourth-order valence-corrected chi connectivity index (χ4v) is 2.27. The van der Waals surface area contributed by atoms with Gasteiger partial charge in [0.25, 0.3) is 0 Å². The van der Waals surface area contributed by atoms with Gasteiger partial charge in [0.2, 0.25) is 0 Å². The summed E-state index contributed by atoms with van der Waals surface area (Å²) in [5, 5.41) is 3.49. The van der Waals surface area contributed by atoms with Gasteiger partial charge in [-0.2, -0.15) is 0 Å². The first-order chi connectivity index (χ1) is 9.08. The summed E-state index contributed by atoms with van der Waals surface area (Å²) < 4.78 is 11.2. The Bertz CT molecular complexity index is 415. The molecule has 3 N–H and O–H groups in total. The van der Waals surface area contributed by atoms with Gasteiger partial charge in [0, 0.05) is 24.4 Å². The standard InChI is InChI=1S/C15H24N2O2/c1-4-18-13-7-12(8-13)17-11-5-6-14(16)15(9-11)19-10(2)3/h5-6,9-10,12-13,17H,4,7-8,16H2,1-3H3. The highest BCUT2D eigenvalue weighted by molar-refractivity contribution is 5.61. The topological polar surface area (TPSA) is 56.5 Å². The molecular formula is C15H24N2O2. The van der Waals surface area contributed by atoms with Crippen molar-refractivity contribution in [1.82, 2.24) is 0 Å². The average molecular weight is 264 g/mol. The van der Waals surface area contributed by atoms with Gasteiger partial charge in [-0.25, -0.2) is 0 Å². The fraction of sp³-hybridized carbons (Fsp3) is 0.600. The Labute approximate surface area is 115 Å². The molecule has 0 amide bonds. The van der Waals surface area contributed by atoms with Gasteiger partial charge in [0.15, 0.2) is 0 Å². The van der Waals surface area contributed by atoms with Crippen LogP contribution in [-0.2, 0) is 4.74 Å². The van der Waals surface area contributed by atoms with Crippen LogP contribution in [0.2, 0.25) is 0 Å². The molecule has 0 aliphatic heterocycles. The molecular weight excluding hydrogens is 240 g/mol. The summed E-state index contributed by atoms with van der Waals surface area (Å²) in [5.74, 6) is 0.751. The first-order valence-corrected chi connectivity index (χ1v) is 7.02. The van der Waals surface area contributed by atoms with Crippen molar-refractivity contribution in [2.75, 3.05) is 17.7 Å². The summed E-state index contributed by atoms with van der Waals surface area (Å²) in [6.07, 6.45) is 2.68. The van der Waals surface area contributed by atoms with Crippen LogP contribution in [-0.4, -0.2) is 24.9 Å². The number of hydrogen-bond donors (Lipinski definition) is 2. The quantitative estimate of drug-likeness (QED) is 0.775. The lowest BCUT2D eigenvalue weighted by Gasteiger charge is -2.36. The minimum absolute atomic E-state index is 0.128. The fourth-order valence-electron chi connectivity index (χ4n) is 2.27. The van der Waals surface area contributed by atoms with Gasteiger partial charge >= 0.3 is 0 Å². The molecule has 1 aliphatic rings. The van der Waals surface area contributed by atoms with Gasteiger partial charge in [-0.05, 0) is 45.7 Å². The number of nitrogens with one attached hydrogen (secondary N) is 1. The minimum atomic E-state index is 0.128. The molecule has 0 spiro atoms. The molecule has 0 radical (unpaired) electrons. The molecule has 106 valence electrons. The van der Waals surface area contributed by atoms with Crippen LogP contribution in [0.4, 0.5) is 11.4 Å². The normalized spacial score (nSPS) is 22.1. The van der Waals surface area contributed by atoms with Crippen molar-refractivity contribution in [1.29, 1.82) is 0 Å². The number of rotatable bonds is 6. The lowest BCUT2D eigenvalue weighted by Crippen LogP contribution is -2.40. The van der Waals surface area contributed by atoms with Crippen molar-refractivity contribution >= 4 is 11.4 Å². The van der Waals surface area contributed by atoms with Crippen LogP contribution in [0.3, 0.4) is 0 Å². The van der Waals surface area contributed by atoms with Crippen molar-refractivity contribution in [3.05, 3.63) is 18.2 Å². The maximum atomic E-state index is 5.90. The lowest BCUT2D eigenvalue weighted by molar-refractivity contribution is 0.00299. The maximum absolute atomic E-state index is 5.90. The highest BCUT2D eigenvalue weighted by Gasteiger charge is 2.29. The molecule has 1 aromatic carbocycles. The van der Waals surface area contributed by atoms with E-state index in [1.54, 1.807) is 0 Å². The molecule has 1 aliphatic carbocycles. The first-order valence-electron chi connectivity index (χ1n) is 7.02. The molecule has 1 saturated carbocycles. The highest BCUT2D eigenvalue weighted by Crippen LogP contribution is 2.30.